The van der Waals surface area contributed by atoms with Gasteiger partial charge in [0.1, 0.15) is 5.75 Å². The van der Waals surface area contributed by atoms with Gasteiger partial charge < -0.3 is 59.3 Å². The molecule has 0 radical (unpaired) electrons. The van der Waals surface area contributed by atoms with Gasteiger partial charge in [-0.3, -0.25) is 4.79 Å². The van der Waals surface area contributed by atoms with E-state index in [4.69, 9.17) is 28.4 Å². The van der Waals surface area contributed by atoms with Gasteiger partial charge in [0.2, 0.25) is 13.6 Å². The highest BCUT2D eigenvalue weighted by molar-refractivity contribution is 6.02. The molecule has 0 fully saturated rings. The van der Waals surface area contributed by atoms with Gasteiger partial charge in [0, 0.05) is 61.9 Å². The van der Waals surface area contributed by atoms with Crippen molar-refractivity contribution in [1.82, 2.24) is 9.80 Å². The van der Waals surface area contributed by atoms with Gasteiger partial charge in [-0.05, 0) is 75.6 Å². The number of ether oxygens (including phenoxy) is 6. The van der Waals surface area contributed by atoms with E-state index >= 15 is 0 Å². The molecule has 3 aliphatic rings. The third-order valence-electron chi connectivity index (χ3n) is 9.36. The summed E-state index contributed by atoms with van der Waals surface area (Å²) in [6.07, 6.45) is 1.64. The van der Waals surface area contributed by atoms with Crippen molar-refractivity contribution in [3.8, 4) is 28.7 Å². The minimum absolute atomic E-state index is 0.116. The van der Waals surface area contributed by atoms with E-state index in [1.54, 1.807) is 78.4 Å². The first-order valence-corrected chi connectivity index (χ1v) is 17.8. The summed E-state index contributed by atoms with van der Waals surface area (Å²) in [5, 5.41) is 18.8. The Hall–Kier alpha value is -5.41. The molecule has 0 saturated carbocycles. The number of hydrogen-bond donors (Lipinski definition) is 4. The third-order valence-corrected chi connectivity index (χ3v) is 9.36. The number of nitrogens with zero attached hydrogens (tertiary/aromatic N) is 2. The summed E-state index contributed by atoms with van der Waals surface area (Å²) in [6.45, 7) is 6.54. The van der Waals surface area contributed by atoms with Crippen molar-refractivity contribution in [3.05, 3.63) is 60.2 Å². The Morgan fingerprint density at radius 1 is 0.849 bits per heavy atom. The molecule has 6 rings (SSSR count). The molecule has 4 N–H and O–H groups in total. The Balaban J connectivity index is 1.19. The lowest BCUT2D eigenvalue weighted by Gasteiger charge is -2.35. The van der Waals surface area contributed by atoms with E-state index < -0.39 is 18.2 Å². The van der Waals surface area contributed by atoms with Gasteiger partial charge in [0.25, 0.3) is 5.91 Å². The van der Waals surface area contributed by atoms with E-state index in [9.17, 15) is 19.5 Å². The molecule has 4 atom stereocenters. The number of urea groups is 2. The van der Waals surface area contributed by atoms with E-state index in [1.165, 1.54) is 0 Å². The maximum absolute atomic E-state index is 14.5. The molecule has 0 saturated heterocycles. The van der Waals surface area contributed by atoms with E-state index in [0.29, 0.717) is 58.8 Å². The summed E-state index contributed by atoms with van der Waals surface area (Å²) >= 11 is 0. The number of nitrogens with one attached hydrogen (secondary N) is 3. The fourth-order valence-electron chi connectivity index (χ4n) is 6.28. The first-order chi connectivity index (χ1) is 25.6. The molecule has 3 heterocycles. The summed E-state index contributed by atoms with van der Waals surface area (Å²) in [5.41, 5.74) is 1.67. The summed E-state index contributed by atoms with van der Waals surface area (Å²) in [7, 11) is 1.69. The van der Waals surface area contributed by atoms with Crippen molar-refractivity contribution in [2.45, 2.75) is 58.3 Å². The summed E-state index contributed by atoms with van der Waals surface area (Å²) in [4.78, 5) is 43.9. The van der Waals surface area contributed by atoms with Crippen LogP contribution in [0.15, 0.2) is 54.6 Å². The van der Waals surface area contributed by atoms with E-state index in [1.807, 2.05) is 13.8 Å². The average molecular weight is 734 g/mol. The maximum atomic E-state index is 14.5. The van der Waals surface area contributed by atoms with Gasteiger partial charge in [-0.1, -0.05) is 6.92 Å². The molecule has 3 aromatic carbocycles. The van der Waals surface area contributed by atoms with Gasteiger partial charge in [-0.2, -0.15) is 0 Å². The van der Waals surface area contributed by atoms with Gasteiger partial charge >= 0.3 is 12.1 Å². The van der Waals surface area contributed by atoms with Crippen LogP contribution in [0.5, 0.6) is 28.7 Å². The van der Waals surface area contributed by atoms with Gasteiger partial charge in [0.05, 0.1) is 30.4 Å². The van der Waals surface area contributed by atoms with E-state index in [-0.39, 0.29) is 62.8 Å². The minimum Gasteiger partial charge on any atom is -0.490 e. The predicted molar refractivity (Wildman–Crippen MR) is 196 cm³/mol. The fourth-order valence-corrected chi connectivity index (χ4v) is 6.28. The van der Waals surface area contributed by atoms with Gasteiger partial charge in [-0.25, -0.2) is 9.59 Å². The van der Waals surface area contributed by atoms with Crippen LogP contribution >= 0.6 is 0 Å². The molecule has 0 aromatic heterocycles. The van der Waals surface area contributed by atoms with Crippen LogP contribution in [0.3, 0.4) is 0 Å². The first kappa shape index (κ1) is 37.4. The van der Waals surface area contributed by atoms with Crippen LogP contribution in [0.1, 0.15) is 50.4 Å². The molecule has 284 valence electrons. The number of carbonyl (C=O) groups is 3. The second-order valence-electron chi connectivity index (χ2n) is 13.5. The molecule has 53 heavy (non-hydrogen) atoms. The second-order valence-corrected chi connectivity index (χ2v) is 13.5. The first-order valence-electron chi connectivity index (χ1n) is 17.8. The Kier molecular flexibility index (Phi) is 11.9. The number of rotatable bonds is 7. The third kappa shape index (κ3) is 9.34. The smallest absolute Gasteiger partial charge is 0.323 e. The minimum atomic E-state index is -0.568. The van der Waals surface area contributed by atoms with Crippen molar-refractivity contribution in [1.29, 1.82) is 0 Å². The summed E-state index contributed by atoms with van der Waals surface area (Å²) in [5.74, 6) is 2.04. The van der Waals surface area contributed by atoms with Gasteiger partial charge in [-0.15, -0.1) is 0 Å². The lowest BCUT2D eigenvalue weighted by molar-refractivity contribution is -0.0115. The van der Waals surface area contributed by atoms with Crippen molar-refractivity contribution in [2.24, 2.45) is 5.92 Å². The average Bonchev–Trinajstić information content (AvgIpc) is 3.82. The fraction of sp³-hybridized carbons (Fsp3) is 0.447. The quantitative estimate of drug-likeness (QED) is 0.235. The monoisotopic (exact) mass is 733 g/mol. The molecule has 0 aliphatic carbocycles. The molecular formula is C38H47N5O10. The molecule has 3 aliphatic heterocycles. The van der Waals surface area contributed by atoms with Crippen LogP contribution in [0.2, 0.25) is 0 Å². The molecule has 0 bridgehead atoms. The lowest BCUT2D eigenvalue weighted by atomic mass is 10.0. The van der Waals surface area contributed by atoms with Crippen molar-refractivity contribution >= 4 is 35.0 Å². The summed E-state index contributed by atoms with van der Waals surface area (Å²) in [6, 6.07) is 13.8. The van der Waals surface area contributed by atoms with Crippen molar-refractivity contribution in [2.75, 3.05) is 62.9 Å². The predicted octanol–water partition coefficient (Wildman–Crippen LogP) is 5.75. The number of aliphatic hydroxyl groups is 1. The lowest BCUT2D eigenvalue weighted by Crippen LogP contribution is -2.48. The van der Waals surface area contributed by atoms with Gasteiger partial charge in [0.15, 0.2) is 23.0 Å². The highest BCUT2D eigenvalue weighted by atomic mass is 16.7. The zero-order valence-electron chi connectivity index (χ0n) is 30.4. The van der Waals surface area contributed by atoms with Crippen LogP contribution in [-0.2, 0) is 4.74 Å². The number of likely N-dealkylation sites (N-methyl/N-ethyl adjacent to an activating group) is 1. The maximum Gasteiger partial charge on any atom is 0.323 e. The molecule has 15 heteroatoms. The van der Waals surface area contributed by atoms with Crippen molar-refractivity contribution < 1.29 is 47.9 Å². The number of fused-ring (bicyclic) bond motifs is 3. The normalized spacial score (nSPS) is 20.4. The van der Waals surface area contributed by atoms with Crippen LogP contribution in [-0.4, -0.2) is 98.1 Å². The van der Waals surface area contributed by atoms with Crippen LogP contribution in [0.4, 0.5) is 26.7 Å². The van der Waals surface area contributed by atoms with E-state index in [0.717, 1.165) is 12.8 Å². The zero-order chi connectivity index (χ0) is 37.5. The molecule has 0 spiro atoms. The summed E-state index contributed by atoms with van der Waals surface area (Å²) < 4.78 is 34.3. The number of amides is 5. The van der Waals surface area contributed by atoms with Crippen LogP contribution in [0, 0.1) is 5.92 Å². The Morgan fingerprint density at radius 3 is 2.08 bits per heavy atom. The number of hydrogen-bond acceptors (Lipinski definition) is 10. The Bertz CT molecular complexity index is 1790. The highest BCUT2D eigenvalue weighted by Gasteiger charge is 2.31. The van der Waals surface area contributed by atoms with Crippen molar-refractivity contribution in [3.63, 3.8) is 0 Å². The number of anilines is 3. The Morgan fingerprint density at radius 2 is 1.43 bits per heavy atom. The largest absolute Gasteiger partial charge is 0.490 e. The molecule has 3 aromatic rings. The van der Waals surface area contributed by atoms with E-state index in [2.05, 4.69) is 16.0 Å². The number of carbonyl (C=O) groups excluding carboxylic acids is 3. The Labute approximate surface area is 308 Å². The zero-order valence-corrected chi connectivity index (χ0v) is 30.4. The molecule has 0 unspecified atom stereocenters. The standard InChI is InChI=1S/C38H47N5O10/c1-23-18-43(24(2)20-44)36(45)29-15-26(39-37(46)40-27-9-12-31-33(16-27)51-21-49-31)8-11-30(29)53-25(3)7-5-6-14-48-35(23)19-42(4)38(47)41-28-10-13-32-34(17-28)52-22-50-32/h8-13,15-17,23-25,35,44H,5-7,14,18-22H2,1-4H3,(H,41,47)(H2,39,40,46)/t23-,24+,25-,35+/m0/s1. The second kappa shape index (κ2) is 16.9. The molecular weight excluding hydrogens is 686 g/mol. The molecule has 5 amide bonds. The van der Waals surface area contributed by atoms with Crippen LogP contribution < -0.4 is 39.6 Å². The highest BCUT2D eigenvalue weighted by Crippen LogP contribution is 2.35. The topological polar surface area (TPSA) is 169 Å². The van der Waals surface area contributed by atoms with Crippen LogP contribution in [0.25, 0.3) is 0 Å². The molecule has 15 nitrogen and oxygen atoms in total. The number of aliphatic hydroxyl groups excluding tert-OH is 1. The number of benzene rings is 3. The SMILES string of the molecule is C[C@H](CO)N1C[C@H](C)[C@@H](CN(C)C(=O)Nc2ccc3c(c2)OCO3)OCCCC[C@H](C)Oc2ccc(NC(=O)Nc3ccc4c(c3)OCO4)cc2C1=O.